The van der Waals surface area contributed by atoms with Crippen molar-refractivity contribution in [1.29, 1.82) is 0 Å². The van der Waals surface area contributed by atoms with E-state index < -0.39 is 0 Å². The Morgan fingerprint density at radius 2 is 2.04 bits per heavy atom. The first-order chi connectivity index (χ1) is 13.6. The highest BCUT2D eigenvalue weighted by Crippen LogP contribution is 2.31. The quantitative estimate of drug-likeness (QED) is 0.498. The van der Waals surface area contributed by atoms with Gasteiger partial charge in [0, 0.05) is 11.6 Å². The summed E-state index contributed by atoms with van der Waals surface area (Å²) in [5, 5.41) is 4.67. The smallest absolute Gasteiger partial charge is 0.274 e. The van der Waals surface area contributed by atoms with E-state index in [0.717, 1.165) is 11.1 Å². The van der Waals surface area contributed by atoms with Gasteiger partial charge >= 0.3 is 0 Å². The first-order valence-corrected chi connectivity index (χ1v) is 8.83. The molecule has 0 bridgehead atoms. The number of para-hydroxylation sites is 2. The Balaban J connectivity index is 1.72. The van der Waals surface area contributed by atoms with Crippen LogP contribution in [0.4, 0.5) is 0 Å². The van der Waals surface area contributed by atoms with Gasteiger partial charge in [-0.2, -0.15) is 9.61 Å². The molecule has 0 amide bonds. The fourth-order valence-corrected chi connectivity index (χ4v) is 3.31. The second-order valence-electron chi connectivity index (χ2n) is 6.18. The van der Waals surface area contributed by atoms with Crippen molar-refractivity contribution in [3.05, 3.63) is 70.1 Å². The minimum absolute atomic E-state index is 0.278. The van der Waals surface area contributed by atoms with Gasteiger partial charge in [0.25, 0.3) is 5.56 Å². The van der Waals surface area contributed by atoms with Crippen molar-refractivity contribution in [1.82, 2.24) is 19.6 Å². The minimum atomic E-state index is -0.278. The molecule has 5 aromatic rings. The van der Waals surface area contributed by atoms with Crippen LogP contribution in [0.15, 0.2) is 63.9 Å². The molecule has 7 nitrogen and oxygen atoms in total. The minimum Gasteiger partial charge on any atom is -0.495 e. The Morgan fingerprint density at radius 1 is 1.18 bits per heavy atom. The van der Waals surface area contributed by atoms with Gasteiger partial charge in [-0.1, -0.05) is 29.8 Å². The van der Waals surface area contributed by atoms with Crippen LogP contribution >= 0.6 is 11.6 Å². The van der Waals surface area contributed by atoms with Gasteiger partial charge in [0.15, 0.2) is 11.2 Å². The molecule has 0 aliphatic carbocycles. The van der Waals surface area contributed by atoms with Crippen molar-refractivity contribution in [3.8, 4) is 28.5 Å². The number of H-pyrrole nitrogens is 1. The number of halogens is 1. The molecule has 0 spiro atoms. The van der Waals surface area contributed by atoms with Crippen LogP contribution in [0.5, 0.6) is 5.75 Å². The lowest BCUT2D eigenvalue weighted by molar-refractivity contribution is 0.415. The summed E-state index contributed by atoms with van der Waals surface area (Å²) in [6, 6.07) is 14.2. The molecular formula is C20H13ClN4O3. The van der Waals surface area contributed by atoms with E-state index in [9.17, 15) is 4.79 Å². The summed E-state index contributed by atoms with van der Waals surface area (Å²) >= 11 is 6.10. The molecule has 5 rings (SSSR count). The zero-order valence-electron chi connectivity index (χ0n) is 14.6. The van der Waals surface area contributed by atoms with Crippen LogP contribution in [-0.2, 0) is 0 Å². The maximum atomic E-state index is 12.6. The molecule has 0 saturated carbocycles. The maximum Gasteiger partial charge on any atom is 0.274 e. The number of benzene rings is 2. The fraction of sp³-hybridized carbons (Fsp3) is 0.0500. The third-order valence-corrected chi connectivity index (χ3v) is 4.80. The number of aromatic nitrogens is 4. The first kappa shape index (κ1) is 16.6. The molecular weight excluding hydrogens is 380 g/mol. The average Bonchev–Trinajstić information content (AvgIpc) is 3.32. The second-order valence-corrected chi connectivity index (χ2v) is 6.58. The lowest BCUT2D eigenvalue weighted by atomic mass is 10.1. The van der Waals surface area contributed by atoms with Crippen LogP contribution in [0.25, 0.3) is 39.5 Å². The summed E-state index contributed by atoms with van der Waals surface area (Å²) in [4.78, 5) is 20.3. The van der Waals surface area contributed by atoms with Gasteiger partial charge in [0.2, 0.25) is 5.89 Å². The van der Waals surface area contributed by atoms with Gasteiger partial charge in [-0.25, -0.2) is 4.98 Å². The van der Waals surface area contributed by atoms with Crippen LogP contribution in [-0.4, -0.2) is 26.7 Å². The maximum absolute atomic E-state index is 12.6. The molecule has 3 heterocycles. The van der Waals surface area contributed by atoms with Crippen molar-refractivity contribution >= 4 is 28.3 Å². The van der Waals surface area contributed by atoms with Crippen molar-refractivity contribution in [2.24, 2.45) is 0 Å². The zero-order valence-corrected chi connectivity index (χ0v) is 15.4. The van der Waals surface area contributed by atoms with Gasteiger partial charge < -0.3 is 14.1 Å². The summed E-state index contributed by atoms with van der Waals surface area (Å²) in [7, 11) is 1.54. The second kappa shape index (κ2) is 6.24. The predicted octanol–water partition coefficient (Wildman–Crippen LogP) is 4.16. The number of rotatable bonds is 3. The van der Waals surface area contributed by atoms with E-state index in [0.29, 0.717) is 39.2 Å². The molecule has 0 aliphatic heterocycles. The van der Waals surface area contributed by atoms with Gasteiger partial charge in [0.1, 0.15) is 16.8 Å². The topological polar surface area (TPSA) is 85.4 Å². The Bertz CT molecular complexity index is 1370. The molecule has 0 unspecified atom stereocenters. The van der Waals surface area contributed by atoms with E-state index in [1.54, 1.807) is 25.4 Å². The van der Waals surface area contributed by atoms with Gasteiger partial charge in [0.05, 0.1) is 24.0 Å². The molecule has 8 heteroatoms. The standard InChI is InChI=1S/C20H13ClN4O3/c1-27-17-8-11(6-7-13(17)21)15-9-18(26)25-19(23-15)12(10-22-25)20-24-14-4-2-3-5-16(14)28-20/h2-10,23H,1H3. The molecule has 28 heavy (non-hydrogen) atoms. The third kappa shape index (κ3) is 2.56. The van der Waals surface area contributed by atoms with E-state index >= 15 is 0 Å². The molecule has 1 N–H and O–H groups in total. The normalized spacial score (nSPS) is 11.4. The predicted molar refractivity (Wildman–Crippen MR) is 106 cm³/mol. The highest BCUT2D eigenvalue weighted by Gasteiger charge is 2.16. The molecule has 0 atom stereocenters. The highest BCUT2D eigenvalue weighted by atomic mass is 35.5. The number of oxazole rings is 1. The van der Waals surface area contributed by atoms with Crippen molar-refractivity contribution in [2.45, 2.75) is 0 Å². The van der Waals surface area contributed by atoms with Crippen molar-refractivity contribution < 1.29 is 9.15 Å². The molecule has 0 saturated heterocycles. The zero-order chi connectivity index (χ0) is 19.3. The Labute approximate surface area is 163 Å². The van der Waals surface area contributed by atoms with Gasteiger partial charge in [-0.05, 0) is 24.3 Å². The number of nitrogens with zero attached hydrogens (tertiary/aromatic N) is 3. The fourth-order valence-electron chi connectivity index (χ4n) is 3.11. The molecule has 0 fully saturated rings. The van der Waals surface area contributed by atoms with Crippen LogP contribution in [0.2, 0.25) is 5.02 Å². The van der Waals surface area contributed by atoms with Gasteiger partial charge in [-0.3, -0.25) is 4.79 Å². The van der Waals surface area contributed by atoms with E-state index in [-0.39, 0.29) is 5.56 Å². The number of nitrogens with one attached hydrogen (secondary N) is 1. The van der Waals surface area contributed by atoms with Gasteiger partial charge in [-0.15, -0.1) is 0 Å². The lowest BCUT2D eigenvalue weighted by Gasteiger charge is -2.07. The van der Waals surface area contributed by atoms with Crippen LogP contribution < -0.4 is 10.3 Å². The number of fused-ring (bicyclic) bond motifs is 2. The van der Waals surface area contributed by atoms with Crippen LogP contribution in [0.3, 0.4) is 0 Å². The summed E-state index contributed by atoms with van der Waals surface area (Å²) in [5.41, 5.74) is 3.56. The van der Waals surface area contributed by atoms with E-state index in [1.165, 1.54) is 10.6 Å². The number of hydrogen-bond acceptors (Lipinski definition) is 5. The summed E-state index contributed by atoms with van der Waals surface area (Å²) < 4.78 is 12.4. The van der Waals surface area contributed by atoms with E-state index in [1.807, 2.05) is 30.3 Å². The molecule has 3 aromatic heterocycles. The highest BCUT2D eigenvalue weighted by molar-refractivity contribution is 6.32. The van der Waals surface area contributed by atoms with E-state index in [2.05, 4.69) is 15.1 Å². The lowest BCUT2D eigenvalue weighted by Crippen LogP contribution is -2.14. The van der Waals surface area contributed by atoms with E-state index in [4.69, 9.17) is 20.8 Å². The van der Waals surface area contributed by atoms with Crippen LogP contribution in [0, 0.1) is 0 Å². The van der Waals surface area contributed by atoms with Crippen molar-refractivity contribution in [2.75, 3.05) is 7.11 Å². The molecule has 138 valence electrons. The largest absolute Gasteiger partial charge is 0.495 e. The third-order valence-electron chi connectivity index (χ3n) is 4.49. The Kier molecular flexibility index (Phi) is 3.70. The number of methoxy groups -OCH3 is 1. The molecule has 2 aromatic carbocycles. The molecule has 0 aliphatic rings. The Hall–Kier alpha value is -3.58. The van der Waals surface area contributed by atoms with Crippen molar-refractivity contribution in [3.63, 3.8) is 0 Å². The van der Waals surface area contributed by atoms with Crippen LogP contribution in [0.1, 0.15) is 0 Å². The SMILES string of the molecule is COc1cc(-c2cc(=O)n3ncc(-c4nc5ccccc5o4)c3[nH]2)ccc1Cl. The Morgan fingerprint density at radius 3 is 2.86 bits per heavy atom. The number of aromatic amines is 1. The number of ether oxygens (including phenoxy) is 1. The molecule has 0 radical (unpaired) electrons. The average molecular weight is 393 g/mol. The summed E-state index contributed by atoms with van der Waals surface area (Å²) in [6.07, 6.45) is 1.56. The monoisotopic (exact) mass is 392 g/mol. The number of hydrogen-bond donors (Lipinski definition) is 1. The summed E-state index contributed by atoms with van der Waals surface area (Å²) in [6.45, 7) is 0. The first-order valence-electron chi connectivity index (χ1n) is 8.45. The summed E-state index contributed by atoms with van der Waals surface area (Å²) in [5.74, 6) is 0.908.